The van der Waals surface area contributed by atoms with Gasteiger partial charge in [-0.2, -0.15) is 5.26 Å². The minimum Gasteiger partial charge on any atom is -0.497 e. The molecule has 1 aliphatic rings. The van der Waals surface area contributed by atoms with Gasteiger partial charge in [0, 0.05) is 22.2 Å². The number of aromatic nitrogens is 1. The lowest BCUT2D eigenvalue weighted by Crippen LogP contribution is -2.41. The first-order valence-electron chi connectivity index (χ1n) is 12.4. The standard InChI is InChI=1S/C30H20Cl2F2N4O4S/c1-41-14-9-10-21(22(11-14)42-2)37-28(39)26-24(25-18(32)6-4-8-20(25)34)16(13-35)27(36)38-29(40)23(43-30(26)38)12-15-17(31)5-3-7-19(15)33/h3-12,24H,36H2,1-2H3,(H,37,39)/b23-12-. The Morgan fingerprint density at radius 1 is 1.09 bits per heavy atom. The molecule has 13 heteroatoms. The third kappa shape index (κ3) is 5.25. The van der Waals surface area contributed by atoms with Gasteiger partial charge in [-0.3, -0.25) is 14.2 Å². The van der Waals surface area contributed by atoms with Gasteiger partial charge in [0.25, 0.3) is 11.5 Å². The predicted octanol–water partition coefficient (Wildman–Crippen LogP) is 4.58. The van der Waals surface area contributed by atoms with E-state index < -0.39 is 29.0 Å². The van der Waals surface area contributed by atoms with Crippen LogP contribution in [0.1, 0.15) is 17.0 Å². The number of methoxy groups -OCH3 is 2. The first-order valence-corrected chi connectivity index (χ1v) is 14.0. The van der Waals surface area contributed by atoms with Crippen LogP contribution in [0.25, 0.3) is 17.5 Å². The Labute approximate surface area is 257 Å². The number of carbonyl (C=O) groups is 1. The van der Waals surface area contributed by atoms with Crippen LogP contribution in [-0.4, -0.2) is 24.7 Å². The molecule has 8 nitrogen and oxygen atoms in total. The van der Waals surface area contributed by atoms with Gasteiger partial charge >= 0.3 is 0 Å². The number of halogens is 4. The monoisotopic (exact) mass is 640 g/mol. The van der Waals surface area contributed by atoms with E-state index >= 15 is 4.39 Å². The van der Waals surface area contributed by atoms with Gasteiger partial charge in [0.15, 0.2) is 0 Å². The number of ether oxygens (including phenoxy) is 2. The van der Waals surface area contributed by atoms with Crippen LogP contribution in [0.3, 0.4) is 0 Å². The number of hydrogen-bond donors (Lipinski definition) is 2. The number of nitrogens with two attached hydrogens (primary N) is 1. The zero-order valence-corrected chi connectivity index (χ0v) is 24.7. The average molecular weight is 641 g/mol. The third-order valence-electron chi connectivity index (χ3n) is 6.73. The molecule has 5 rings (SSSR count). The molecule has 2 heterocycles. The van der Waals surface area contributed by atoms with Crippen molar-refractivity contribution in [2.45, 2.75) is 5.92 Å². The molecule has 0 radical (unpaired) electrons. The highest BCUT2D eigenvalue weighted by atomic mass is 35.5. The summed E-state index contributed by atoms with van der Waals surface area (Å²) < 4.78 is 41.6. The van der Waals surface area contributed by atoms with Crippen LogP contribution >= 0.6 is 34.5 Å². The lowest BCUT2D eigenvalue weighted by atomic mass is 9.83. The fraction of sp³-hybridized carbons (Fsp3) is 0.100. The predicted molar refractivity (Wildman–Crippen MR) is 162 cm³/mol. The molecule has 1 aromatic heterocycles. The number of rotatable bonds is 6. The fourth-order valence-electron chi connectivity index (χ4n) is 4.71. The molecule has 0 saturated heterocycles. The van der Waals surface area contributed by atoms with Gasteiger partial charge < -0.3 is 20.5 Å². The second-order valence-corrected chi connectivity index (χ2v) is 10.9. The van der Waals surface area contributed by atoms with Crippen LogP contribution in [-0.2, 0) is 4.79 Å². The van der Waals surface area contributed by atoms with Gasteiger partial charge in [0.2, 0.25) is 0 Å². The van der Waals surface area contributed by atoms with E-state index in [9.17, 15) is 19.2 Å². The van der Waals surface area contributed by atoms with Gasteiger partial charge in [-0.05, 0) is 42.5 Å². The normalized spacial score (nSPS) is 14.8. The second-order valence-electron chi connectivity index (χ2n) is 9.10. The molecule has 3 N–H and O–H groups in total. The molecule has 3 aromatic carbocycles. The minimum atomic E-state index is -1.41. The summed E-state index contributed by atoms with van der Waals surface area (Å²) in [4.78, 5) is 27.8. The first kappa shape index (κ1) is 29.8. The number of carbonyl (C=O) groups excluding carboxylic acids is 1. The van der Waals surface area contributed by atoms with Crippen LogP contribution in [0.15, 0.2) is 65.0 Å². The van der Waals surface area contributed by atoms with E-state index in [1.54, 1.807) is 6.07 Å². The molecule has 4 aromatic rings. The summed E-state index contributed by atoms with van der Waals surface area (Å²) in [5.41, 5.74) is 5.09. The zero-order valence-electron chi connectivity index (χ0n) is 22.4. The van der Waals surface area contributed by atoms with E-state index in [0.29, 0.717) is 5.75 Å². The summed E-state index contributed by atoms with van der Waals surface area (Å²) in [5.74, 6) is -3.34. The fourth-order valence-corrected chi connectivity index (χ4v) is 6.36. The number of amides is 1. The maximum absolute atomic E-state index is 15.4. The van der Waals surface area contributed by atoms with E-state index in [0.717, 1.165) is 22.0 Å². The van der Waals surface area contributed by atoms with Gasteiger partial charge in [-0.25, -0.2) is 8.78 Å². The lowest BCUT2D eigenvalue weighted by Gasteiger charge is -2.26. The number of benzene rings is 3. The van der Waals surface area contributed by atoms with Crippen molar-refractivity contribution in [2.24, 2.45) is 5.73 Å². The quantitative estimate of drug-likeness (QED) is 0.318. The maximum atomic E-state index is 15.4. The van der Waals surface area contributed by atoms with Crippen LogP contribution in [0.2, 0.25) is 10.0 Å². The van der Waals surface area contributed by atoms with Crippen LogP contribution < -0.4 is 35.3 Å². The summed E-state index contributed by atoms with van der Waals surface area (Å²) in [6, 6.07) is 14.5. The maximum Gasteiger partial charge on any atom is 0.274 e. The summed E-state index contributed by atoms with van der Waals surface area (Å²) in [7, 11) is 2.86. The summed E-state index contributed by atoms with van der Waals surface area (Å²) in [5, 5.41) is 12.9. The highest BCUT2D eigenvalue weighted by Crippen LogP contribution is 2.41. The van der Waals surface area contributed by atoms with Gasteiger partial charge in [0.1, 0.15) is 33.6 Å². The van der Waals surface area contributed by atoms with E-state index in [1.165, 1.54) is 62.8 Å². The van der Waals surface area contributed by atoms with E-state index in [1.807, 2.05) is 6.07 Å². The van der Waals surface area contributed by atoms with Gasteiger partial charge in [-0.1, -0.05) is 35.3 Å². The Bertz CT molecular complexity index is 2030. The number of fused-ring (bicyclic) bond motifs is 1. The Balaban J connectivity index is 1.86. The van der Waals surface area contributed by atoms with Crippen molar-refractivity contribution in [1.29, 1.82) is 5.26 Å². The largest absolute Gasteiger partial charge is 0.497 e. The number of anilines is 1. The summed E-state index contributed by atoms with van der Waals surface area (Å²) >= 11 is 13.4. The number of allylic oxidation sites excluding steroid dienone is 1. The van der Waals surface area contributed by atoms with Crippen LogP contribution in [0, 0.1) is 23.0 Å². The van der Waals surface area contributed by atoms with Gasteiger partial charge in [0.05, 0.1) is 52.6 Å². The second kappa shape index (κ2) is 11.9. The summed E-state index contributed by atoms with van der Waals surface area (Å²) in [6.07, 6.45) is 1.22. The number of hydrogen-bond acceptors (Lipinski definition) is 7. The highest BCUT2D eigenvalue weighted by molar-refractivity contribution is 7.07. The molecule has 1 amide bonds. The average Bonchev–Trinajstić information content (AvgIpc) is 3.30. The number of nitrogens with one attached hydrogen (secondary N) is 1. The van der Waals surface area contributed by atoms with Crippen LogP contribution in [0.5, 0.6) is 11.5 Å². The first-order chi connectivity index (χ1) is 20.6. The molecule has 1 unspecified atom stereocenters. The lowest BCUT2D eigenvalue weighted by molar-refractivity contribution is -0.111. The smallest absolute Gasteiger partial charge is 0.274 e. The SMILES string of the molecule is COc1ccc(NC(=O)C2=c3s/c(=C\c4c(F)cccc4Cl)c(=O)n3C(N)=C(C#N)C2c2c(F)cccc2Cl)c(OC)c1. The Morgan fingerprint density at radius 3 is 2.42 bits per heavy atom. The van der Waals surface area contributed by atoms with E-state index in [2.05, 4.69) is 5.32 Å². The van der Waals surface area contributed by atoms with Crippen molar-refractivity contribution in [3.63, 3.8) is 0 Å². The molecule has 218 valence electrons. The molecular formula is C30H20Cl2F2N4O4S. The molecule has 1 atom stereocenters. The Kier molecular flexibility index (Phi) is 8.28. The molecule has 0 saturated carbocycles. The minimum absolute atomic E-state index is 0.0190. The molecule has 43 heavy (non-hydrogen) atoms. The van der Waals surface area contributed by atoms with Crippen molar-refractivity contribution in [1.82, 2.24) is 4.57 Å². The molecule has 0 spiro atoms. The third-order valence-corrected chi connectivity index (χ3v) is 8.50. The van der Waals surface area contributed by atoms with Crippen molar-refractivity contribution in [3.05, 3.63) is 113 Å². The van der Waals surface area contributed by atoms with E-state index in [4.69, 9.17) is 38.4 Å². The van der Waals surface area contributed by atoms with E-state index in [-0.39, 0.29) is 58.8 Å². The zero-order chi connectivity index (χ0) is 31.0. The Hall–Kier alpha value is -4.63. The van der Waals surface area contributed by atoms with Crippen molar-refractivity contribution < 1.29 is 23.0 Å². The highest BCUT2D eigenvalue weighted by Gasteiger charge is 2.38. The number of thiazole rings is 1. The molecular weight excluding hydrogens is 621 g/mol. The summed E-state index contributed by atoms with van der Waals surface area (Å²) in [6.45, 7) is 0. The molecule has 0 bridgehead atoms. The van der Waals surface area contributed by atoms with Crippen molar-refractivity contribution in [2.75, 3.05) is 19.5 Å². The topological polar surface area (TPSA) is 119 Å². The Morgan fingerprint density at radius 2 is 1.79 bits per heavy atom. The van der Waals surface area contributed by atoms with Gasteiger partial charge in [-0.15, -0.1) is 11.3 Å². The van der Waals surface area contributed by atoms with Crippen LogP contribution in [0.4, 0.5) is 14.5 Å². The molecule has 0 fully saturated rings. The number of nitrogens with zero attached hydrogens (tertiary/aromatic N) is 2. The molecule has 1 aliphatic heterocycles. The van der Waals surface area contributed by atoms with Crippen molar-refractivity contribution in [3.8, 4) is 17.6 Å². The number of nitriles is 1. The van der Waals surface area contributed by atoms with Crippen molar-refractivity contribution >= 4 is 63.6 Å². The molecule has 0 aliphatic carbocycles.